The number of rotatable bonds is 9. The molecule has 0 bridgehead atoms. The summed E-state index contributed by atoms with van der Waals surface area (Å²) < 4.78 is 6.89. The number of aryl methyl sites for hydroxylation is 1. The third-order valence-electron chi connectivity index (χ3n) is 5.81. The number of nitro groups is 1. The molecule has 0 unspecified atom stereocenters. The molecule has 0 aliphatic carbocycles. The summed E-state index contributed by atoms with van der Waals surface area (Å²) in [7, 11) is 0. The molecule has 188 valence electrons. The van der Waals surface area contributed by atoms with E-state index >= 15 is 0 Å². The standard InChI is InChI=1S/C25H28N6O5/c1-18-16-23(27-25(33)20-4-2-5-22(17-20)31(34)35)30(28-18)21-8-6-19(7-9-21)24(32)26-10-3-11-29-12-14-36-15-13-29/h2,4-9,16-17H,3,10-15H2,1H3,(H,26,32)(H,27,33). The third kappa shape index (κ3) is 6.32. The largest absolute Gasteiger partial charge is 0.379 e. The topological polar surface area (TPSA) is 132 Å². The first-order chi connectivity index (χ1) is 17.4. The van der Waals surface area contributed by atoms with Gasteiger partial charge in [0.25, 0.3) is 17.5 Å². The van der Waals surface area contributed by atoms with Gasteiger partial charge in [0, 0.05) is 49.0 Å². The van der Waals surface area contributed by atoms with E-state index in [-0.39, 0.29) is 17.2 Å². The van der Waals surface area contributed by atoms with Gasteiger partial charge in [-0.15, -0.1) is 0 Å². The summed E-state index contributed by atoms with van der Waals surface area (Å²) in [6.45, 7) is 6.67. The molecule has 11 nitrogen and oxygen atoms in total. The van der Waals surface area contributed by atoms with Gasteiger partial charge < -0.3 is 15.4 Å². The van der Waals surface area contributed by atoms with Crippen molar-refractivity contribution in [2.24, 2.45) is 0 Å². The number of ether oxygens (including phenoxy) is 1. The predicted molar refractivity (Wildman–Crippen MR) is 134 cm³/mol. The van der Waals surface area contributed by atoms with E-state index in [1.54, 1.807) is 41.9 Å². The van der Waals surface area contributed by atoms with Crippen LogP contribution in [0, 0.1) is 17.0 Å². The number of carbonyl (C=O) groups is 2. The molecule has 2 aromatic carbocycles. The van der Waals surface area contributed by atoms with E-state index in [4.69, 9.17) is 4.74 Å². The van der Waals surface area contributed by atoms with Crippen LogP contribution in [-0.2, 0) is 4.74 Å². The number of hydrogen-bond donors (Lipinski definition) is 2. The predicted octanol–water partition coefficient (Wildman–Crippen LogP) is 2.79. The lowest BCUT2D eigenvalue weighted by atomic mass is 10.2. The second-order valence-electron chi connectivity index (χ2n) is 8.45. The minimum absolute atomic E-state index is 0.153. The van der Waals surface area contributed by atoms with Crippen molar-refractivity contribution in [3.8, 4) is 5.69 Å². The molecule has 36 heavy (non-hydrogen) atoms. The zero-order valence-corrected chi connectivity index (χ0v) is 20.0. The second kappa shape index (κ2) is 11.6. The number of amides is 2. The van der Waals surface area contributed by atoms with Crippen molar-refractivity contribution in [3.63, 3.8) is 0 Å². The van der Waals surface area contributed by atoms with Crippen LogP contribution < -0.4 is 10.6 Å². The van der Waals surface area contributed by atoms with Crippen LogP contribution in [0.1, 0.15) is 32.8 Å². The molecule has 1 saturated heterocycles. The van der Waals surface area contributed by atoms with E-state index in [1.807, 2.05) is 0 Å². The quantitative estimate of drug-likeness (QED) is 0.267. The van der Waals surface area contributed by atoms with Crippen molar-refractivity contribution in [1.29, 1.82) is 0 Å². The molecule has 2 N–H and O–H groups in total. The maximum absolute atomic E-state index is 12.7. The molecule has 1 aromatic heterocycles. The molecule has 1 aliphatic rings. The number of benzene rings is 2. The summed E-state index contributed by atoms with van der Waals surface area (Å²) in [5, 5.41) is 21.2. The molecule has 0 radical (unpaired) electrons. The molecule has 3 aromatic rings. The number of carbonyl (C=O) groups excluding carboxylic acids is 2. The second-order valence-corrected chi connectivity index (χ2v) is 8.45. The van der Waals surface area contributed by atoms with Gasteiger partial charge >= 0.3 is 0 Å². The van der Waals surface area contributed by atoms with Gasteiger partial charge in [-0.25, -0.2) is 4.68 Å². The Morgan fingerprint density at radius 1 is 1.06 bits per heavy atom. The van der Waals surface area contributed by atoms with Crippen LogP contribution >= 0.6 is 0 Å². The smallest absolute Gasteiger partial charge is 0.270 e. The van der Waals surface area contributed by atoms with Crippen molar-refractivity contribution in [2.45, 2.75) is 13.3 Å². The zero-order valence-electron chi connectivity index (χ0n) is 20.0. The van der Waals surface area contributed by atoms with Gasteiger partial charge in [-0.1, -0.05) is 6.07 Å². The number of aromatic nitrogens is 2. The highest BCUT2D eigenvalue weighted by Crippen LogP contribution is 2.20. The lowest BCUT2D eigenvalue weighted by Gasteiger charge is -2.26. The maximum Gasteiger partial charge on any atom is 0.270 e. The number of anilines is 1. The summed E-state index contributed by atoms with van der Waals surface area (Å²) in [5.74, 6) is -0.239. The molecular weight excluding hydrogens is 464 g/mol. The van der Waals surface area contributed by atoms with Gasteiger partial charge in [0.05, 0.1) is 29.5 Å². The third-order valence-corrected chi connectivity index (χ3v) is 5.81. The van der Waals surface area contributed by atoms with Gasteiger partial charge in [0.2, 0.25) is 0 Å². The number of non-ortho nitro benzene ring substituents is 1. The fraction of sp³-hybridized carbons (Fsp3) is 0.320. The Labute approximate surface area is 208 Å². The molecule has 0 saturated carbocycles. The molecular formula is C25H28N6O5. The highest BCUT2D eigenvalue weighted by atomic mass is 16.6. The Hall–Kier alpha value is -4.09. The van der Waals surface area contributed by atoms with Gasteiger partial charge in [-0.05, 0) is 50.2 Å². The maximum atomic E-state index is 12.7. The lowest BCUT2D eigenvalue weighted by molar-refractivity contribution is -0.384. The summed E-state index contributed by atoms with van der Waals surface area (Å²) in [5.41, 5.74) is 1.85. The Kier molecular flexibility index (Phi) is 8.03. The van der Waals surface area contributed by atoms with E-state index in [0.29, 0.717) is 29.3 Å². The lowest BCUT2D eigenvalue weighted by Crippen LogP contribution is -2.38. The van der Waals surface area contributed by atoms with Crippen molar-refractivity contribution in [1.82, 2.24) is 20.0 Å². The minimum Gasteiger partial charge on any atom is -0.379 e. The molecule has 0 spiro atoms. The van der Waals surface area contributed by atoms with E-state index in [9.17, 15) is 19.7 Å². The normalized spacial score (nSPS) is 13.8. The number of nitrogens with one attached hydrogen (secondary N) is 2. The first kappa shape index (κ1) is 25.0. The van der Waals surface area contributed by atoms with E-state index < -0.39 is 10.8 Å². The van der Waals surface area contributed by atoms with Crippen LogP contribution in [0.25, 0.3) is 5.69 Å². The Morgan fingerprint density at radius 3 is 2.53 bits per heavy atom. The van der Waals surface area contributed by atoms with E-state index in [0.717, 1.165) is 39.3 Å². The van der Waals surface area contributed by atoms with E-state index in [1.165, 1.54) is 24.3 Å². The fourth-order valence-corrected chi connectivity index (χ4v) is 3.92. The SMILES string of the molecule is Cc1cc(NC(=O)c2cccc([N+](=O)[O-])c2)n(-c2ccc(C(=O)NCCCN3CCOCC3)cc2)n1. The van der Waals surface area contributed by atoms with Crippen LogP contribution in [0.2, 0.25) is 0 Å². The first-order valence-electron chi connectivity index (χ1n) is 11.7. The number of hydrogen-bond acceptors (Lipinski definition) is 7. The first-order valence-corrected chi connectivity index (χ1v) is 11.7. The van der Waals surface area contributed by atoms with Crippen molar-refractivity contribution in [3.05, 3.63) is 81.5 Å². The Morgan fingerprint density at radius 2 is 1.81 bits per heavy atom. The molecule has 2 heterocycles. The Balaban J connectivity index is 1.37. The fourth-order valence-electron chi connectivity index (χ4n) is 3.92. The summed E-state index contributed by atoms with van der Waals surface area (Å²) in [4.78, 5) is 38.0. The molecule has 4 rings (SSSR count). The summed E-state index contributed by atoms with van der Waals surface area (Å²) in [6.07, 6.45) is 0.865. The van der Waals surface area contributed by atoms with Crippen LogP contribution in [0.15, 0.2) is 54.6 Å². The molecule has 2 amide bonds. The van der Waals surface area contributed by atoms with Crippen LogP contribution in [-0.4, -0.2) is 70.8 Å². The molecule has 1 fully saturated rings. The summed E-state index contributed by atoms with van der Waals surface area (Å²) >= 11 is 0. The summed E-state index contributed by atoms with van der Waals surface area (Å²) in [6, 6.07) is 14.1. The van der Waals surface area contributed by atoms with Crippen molar-refractivity contribution >= 4 is 23.3 Å². The highest BCUT2D eigenvalue weighted by Gasteiger charge is 2.16. The number of nitro benzene ring substituents is 1. The monoisotopic (exact) mass is 492 g/mol. The van der Waals surface area contributed by atoms with Crippen molar-refractivity contribution < 1.29 is 19.2 Å². The van der Waals surface area contributed by atoms with Gasteiger partial charge in [0.15, 0.2) is 0 Å². The molecule has 11 heteroatoms. The molecule has 0 atom stereocenters. The minimum atomic E-state index is -0.549. The van der Waals surface area contributed by atoms with Crippen LogP contribution in [0.3, 0.4) is 0 Å². The van der Waals surface area contributed by atoms with Crippen LogP contribution in [0.5, 0.6) is 0 Å². The average molecular weight is 493 g/mol. The van der Waals surface area contributed by atoms with Crippen LogP contribution in [0.4, 0.5) is 11.5 Å². The van der Waals surface area contributed by atoms with Gasteiger partial charge in [0.1, 0.15) is 5.82 Å². The Bertz CT molecular complexity index is 1230. The van der Waals surface area contributed by atoms with Gasteiger partial charge in [-0.3, -0.25) is 24.6 Å². The zero-order chi connectivity index (χ0) is 25.5. The van der Waals surface area contributed by atoms with Gasteiger partial charge in [-0.2, -0.15) is 5.10 Å². The number of nitrogens with zero attached hydrogens (tertiary/aromatic N) is 4. The number of morpholine rings is 1. The molecule has 1 aliphatic heterocycles. The van der Waals surface area contributed by atoms with E-state index in [2.05, 4.69) is 20.6 Å². The van der Waals surface area contributed by atoms with Crippen molar-refractivity contribution in [2.75, 3.05) is 44.7 Å². The average Bonchev–Trinajstić information content (AvgIpc) is 3.27. The highest BCUT2D eigenvalue weighted by molar-refractivity contribution is 6.04.